The van der Waals surface area contributed by atoms with Crippen molar-refractivity contribution in [3.63, 3.8) is 0 Å². The third-order valence-electron chi connectivity index (χ3n) is 8.72. The van der Waals surface area contributed by atoms with Gasteiger partial charge in [0, 0.05) is 0 Å². The van der Waals surface area contributed by atoms with Crippen molar-refractivity contribution in [3.8, 4) is 0 Å². The second-order valence-corrected chi connectivity index (χ2v) is 11.6. The van der Waals surface area contributed by atoms with Crippen molar-refractivity contribution in [2.45, 2.75) is 117 Å². The van der Waals surface area contributed by atoms with Gasteiger partial charge in [0.25, 0.3) is 0 Å². The first kappa shape index (κ1) is 24.7. The summed E-state index contributed by atoms with van der Waals surface area (Å²) in [7, 11) is 0. The number of fused-ring (bicyclic) bond motifs is 1. The number of rotatable bonds is 6. The van der Waals surface area contributed by atoms with Crippen LogP contribution in [0, 0.1) is 23.2 Å². The van der Waals surface area contributed by atoms with Gasteiger partial charge in [0.2, 0.25) is 0 Å². The standard InChI is InChI=1S/C28H46O3/c1-6-22-25(29)17-20(18-26(22)30)11-12-21-10-8-16-28(5)23(13-14-24(21)28)19(2)9-7-15-27(3,4)31/h6,11-12,19,23-26,29-31H,7-10,13-18H2,1-5H3/b20-11?,21-12+,22-6?/t19-,23?,24?,25-,26-,28-/m1/s1. The van der Waals surface area contributed by atoms with E-state index in [2.05, 4.69) is 26.0 Å². The third-order valence-corrected chi connectivity index (χ3v) is 8.72. The smallest absolute Gasteiger partial charge is 0.0812 e. The van der Waals surface area contributed by atoms with Gasteiger partial charge in [-0.15, -0.1) is 0 Å². The van der Waals surface area contributed by atoms with Crippen molar-refractivity contribution >= 4 is 0 Å². The highest BCUT2D eigenvalue weighted by Crippen LogP contribution is 2.60. The molecule has 0 saturated heterocycles. The van der Waals surface area contributed by atoms with Gasteiger partial charge in [0.05, 0.1) is 17.8 Å². The molecule has 0 radical (unpaired) electrons. The minimum Gasteiger partial charge on any atom is -0.390 e. The first-order valence-electron chi connectivity index (χ1n) is 12.7. The lowest BCUT2D eigenvalue weighted by molar-refractivity contribution is 0.0596. The third kappa shape index (κ3) is 5.72. The summed E-state index contributed by atoms with van der Waals surface area (Å²) in [4.78, 5) is 0. The average molecular weight is 431 g/mol. The molecule has 0 heterocycles. The van der Waals surface area contributed by atoms with Gasteiger partial charge in [-0.2, -0.15) is 0 Å². The fourth-order valence-electron chi connectivity index (χ4n) is 7.06. The second-order valence-electron chi connectivity index (χ2n) is 11.6. The number of aliphatic hydroxyl groups is 3. The van der Waals surface area contributed by atoms with Crippen LogP contribution in [0.2, 0.25) is 0 Å². The lowest BCUT2D eigenvalue weighted by Gasteiger charge is -2.44. The van der Waals surface area contributed by atoms with Crippen LogP contribution in [0.1, 0.15) is 98.8 Å². The highest BCUT2D eigenvalue weighted by atomic mass is 16.3. The Bertz CT molecular complexity index is 694. The molecule has 3 fully saturated rings. The Morgan fingerprint density at radius 3 is 2.42 bits per heavy atom. The number of hydrogen-bond acceptors (Lipinski definition) is 3. The SMILES string of the molecule is CC=C1[C@H](O)CC(=C/C=C2\CCC[C@@]3(C)C2CCC3[C@H](C)CCCC(C)(C)O)C[C@H]1O. The van der Waals surface area contributed by atoms with Gasteiger partial charge < -0.3 is 15.3 Å². The van der Waals surface area contributed by atoms with E-state index in [4.69, 9.17) is 0 Å². The molecule has 0 aliphatic heterocycles. The molecule has 6 atom stereocenters. The van der Waals surface area contributed by atoms with Gasteiger partial charge in [-0.25, -0.2) is 0 Å². The van der Waals surface area contributed by atoms with Crippen LogP contribution in [-0.2, 0) is 0 Å². The Kier molecular flexibility index (Phi) is 7.92. The van der Waals surface area contributed by atoms with Crippen LogP contribution >= 0.6 is 0 Å². The molecule has 2 unspecified atom stereocenters. The van der Waals surface area contributed by atoms with E-state index in [-0.39, 0.29) is 0 Å². The molecule has 3 saturated carbocycles. The van der Waals surface area contributed by atoms with E-state index in [9.17, 15) is 15.3 Å². The molecule has 3 aliphatic rings. The summed E-state index contributed by atoms with van der Waals surface area (Å²) >= 11 is 0. The lowest BCUT2D eigenvalue weighted by Crippen LogP contribution is -2.36. The van der Waals surface area contributed by atoms with Gasteiger partial charge in [-0.1, -0.05) is 56.1 Å². The molecule has 0 aromatic heterocycles. The van der Waals surface area contributed by atoms with Crippen molar-refractivity contribution in [1.82, 2.24) is 0 Å². The van der Waals surface area contributed by atoms with Gasteiger partial charge in [-0.05, 0) is 101 Å². The number of aliphatic hydroxyl groups excluding tert-OH is 2. The topological polar surface area (TPSA) is 60.7 Å². The van der Waals surface area contributed by atoms with Crippen molar-refractivity contribution in [2.75, 3.05) is 0 Å². The molecule has 176 valence electrons. The van der Waals surface area contributed by atoms with Crippen LogP contribution in [0.15, 0.2) is 34.9 Å². The van der Waals surface area contributed by atoms with Crippen molar-refractivity contribution in [2.24, 2.45) is 23.2 Å². The predicted octanol–water partition coefficient (Wildman–Crippen LogP) is 6.09. The van der Waals surface area contributed by atoms with E-state index >= 15 is 0 Å². The summed E-state index contributed by atoms with van der Waals surface area (Å²) in [6.45, 7) is 10.7. The summed E-state index contributed by atoms with van der Waals surface area (Å²) in [5.41, 5.74) is 3.37. The molecular weight excluding hydrogens is 384 g/mol. The quantitative estimate of drug-likeness (QED) is 0.447. The molecule has 3 rings (SSSR count). The highest BCUT2D eigenvalue weighted by Gasteiger charge is 2.50. The molecule has 0 bridgehead atoms. The van der Waals surface area contributed by atoms with Crippen LogP contribution in [0.4, 0.5) is 0 Å². The van der Waals surface area contributed by atoms with E-state index in [0.717, 1.165) is 24.3 Å². The Hall–Kier alpha value is -0.900. The van der Waals surface area contributed by atoms with E-state index in [1.54, 1.807) is 5.57 Å². The van der Waals surface area contributed by atoms with Gasteiger partial charge >= 0.3 is 0 Å². The lowest BCUT2D eigenvalue weighted by atomic mass is 9.60. The van der Waals surface area contributed by atoms with Crippen molar-refractivity contribution < 1.29 is 15.3 Å². The molecule has 0 aromatic rings. The van der Waals surface area contributed by atoms with Crippen LogP contribution in [0.25, 0.3) is 0 Å². The van der Waals surface area contributed by atoms with E-state index < -0.39 is 17.8 Å². The Morgan fingerprint density at radius 1 is 1.13 bits per heavy atom. The zero-order valence-corrected chi connectivity index (χ0v) is 20.5. The normalized spacial score (nSPS) is 36.5. The summed E-state index contributed by atoms with van der Waals surface area (Å²) in [6.07, 6.45) is 16.2. The summed E-state index contributed by atoms with van der Waals surface area (Å²) in [5, 5.41) is 30.7. The molecule has 0 amide bonds. The molecule has 0 spiro atoms. The Balaban J connectivity index is 1.68. The second kappa shape index (κ2) is 9.93. The molecule has 31 heavy (non-hydrogen) atoms. The Morgan fingerprint density at radius 2 is 1.81 bits per heavy atom. The molecule has 3 nitrogen and oxygen atoms in total. The fraction of sp³-hybridized carbons (Fsp3) is 0.786. The molecule has 3 heteroatoms. The van der Waals surface area contributed by atoms with E-state index in [1.165, 1.54) is 44.1 Å². The van der Waals surface area contributed by atoms with E-state index in [0.29, 0.717) is 30.1 Å². The van der Waals surface area contributed by atoms with Gasteiger partial charge in [0.1, 0.15) is 0 Å². The van der Waals surface area contributed by atoms with Crippen molar-refractivity contribution in [1.29, 1.82) is 0 Å². The van der Waals surface area contributed by atoms with Crippen LogP contribution in [0.5, 0.6) is 0 Å². The highest BCUT2D eigenvalue weighted by molar-refractivity contribution is 5.30. The van der Waals surface area contributed by atoms with Crippen molar-refractivity contribution in [3.05, 3.63) is 34.9 Å². The number of allylic oxidation sites excluding steroid dienone is 4. The van der Waals surface area contributed by atoms with Crippen LogP contribution < -0.4 is 0 Å². The van der Waals surface area contributed by atoms with Gasteiger partial charge in [-0.3, -0.25) is 0 Å². The number of hydrogen-bond donors (Lipinski definition) is 3. The molecule has 3 aliphatic carbocycles. The fourth-order valence-corrected chi connectivity index (χ4v) is 7.06. The maximum absolute atomic E-state index is 10.3. The summed E-state index contributed by atoms with van der Waals surface area (Å²) < 4.78 is 0. The zero-order valence-electron chi connectivity index (χ0n) is 20.5. The minimum absolute atomic E-state index is 0.389. The molecular formula is C28H46O3. The molecule has 3 N–H and O–H groups in total. The molecule has 0 aromatic carbocycles. The zero-order chi connectivity index (χ0) is 22.8. The summed E-state index contributed by atoms with van der Waals surface area (Å²) in [5.74, 6) is 2.15. The van der Waals surface area contributed by atoms with Crippen LogP contribution in [-0.4, -0.2) is 33.1 Å². The monoisotopic (exact) mass is 430 g/mol. The Labute approximate surface area is 190 Å². The maximum Gasteiger partial charge on any atom is 0.0812 e. The first-order chi connectivity index (χ1) is 14.5. The average Bonchev–Trinajstić information content (AvgIpc) is 3.02. The van der Waals surface area contributed by atoms with E-state index in [1.807, 2.05) is 26.8 Å². The van der Waals surface area contributed by atoms with Crippen LogP contribution in [0.3, 0.4) is 0 Å². The maximum atomic E-state index is 10.3. The minimum atomic E-state index is -0.552. The van der Waals surface area contributed by atoms with Gasteiger partial charge in [0.15, 0.2) is 0 Å². The summed E-state index contributed by atoms with van der Waals surface area (Å²) in [6, 6.07) is 0. The predicted molar refractivity (Wildman–Crippen MR) is 129 cm³/mol. The largest absolute Gasteiger partial charge is 0.390 e. The first-order valence-corrected chi connectivity index (χ1v) is 12.7.